The monoisotopic (exact) mass is 423 g/mol. The number of methoxy groups -OCH3 is 1. The van der Waals surface area contributed by atoms with Gasteiger partial charge in [0.05, 0.1) is 12.9 Å². The van der Waals surface area contributed by atoms with E-state index in [0.29, 0.717) is 22.7 Å². The van der Waals surface area contributed by atoms with E-state index in [1.54, 1.807) is 19.5 Å². The number of carbonyl (C=O) groups is 1. The Kier molecular flexibility index (Phi) is 6.32. The molecular formula is C22H25N5O2S. The van der Waals surface area contributed by atoms with Crippen LogP contribution < -0.4 is 4.74 Å². The number of hydrogen-bond acceptors (Lipinski definition) is 6. The van der Waals surface area contributed by atoms with Crippen molar-refractivity contribution in [2.45, 2.75) is 24.9 Å². The second kappa shape index (κ2) is 9.30. The summed E-state index contributed by atoms with van der Waals surface area (Å²) in [6, 6.07) is 11.5. The van der Waals surface area contributed by atoms with Gasteiger partial charge in [-0.2, -0.15) is 0 Å². The number of pyridine rings is 1. The smallest absolute Gasteiger partial charge is 0.233 e. The molecular weight excluding hydrogens is 398 g/mol. The van der Waals surface area contributed by atoms with Crippen LogP contribution in [0.3, 0.4) is 0 Å². The lowest BCUT2D eigenvalue weighted by Gasteiger charge is -2.30. The Morgan fingerprint density at radius 3 is 2.77 bits per heavy atom. The average molecular weight is 424 g/mol. The first kappa shape index (κ1) is 20.4. The second-order valence-electron chi connectivity index (χ2n) is 7.46. The molecule has 0 bridgehead atoms. The van der Waals surface area contributed by atoms with Crippen molar-refractivity contribution in [1.29, 1.82) is 0 Å². The van der Waals surface area contributed by atoms with Gasteiger partial charge in [0.25, 0.3) is 0 Å². The van der Waals surface area contributed by atoms with Crippen molar-refractivity contribution in [3.05, 3.63) is 48.8 Å². The van der Waals surface area contributed by atoms with Gasteiger partial charge in [0.1, 0.15) is 5.75 Å². The van der Waals surface area contributed by atoms with Gasteiger partial charge in [-0.1, -0.05) is 18.7 Å². The number of carbonyl (C=O) groups excluding carboxylic acids is 1. The maximum atomic E-state index is 12.7. The van der Waals surface area contributed by atoms with Crippen LogP contribution in [0.25, 0.3) is 17.1 Å². The predicted molar refractivity (Wildman–Crippen MR) is 117 cm³/mol. The molecule has 1 saturated heterocycles. The number of nitrogens with zero attached hydrogens (tertiary/aromatic N) is 5. The van der Waals surface area contributed by atoms with E-state index < -0.39 is 0 Å². The molecule has 0 saturated carbocycles. The van der Waals surface area contributed by atoms with Crippen molar-refractivity contribution < 1.29 is 9.53 Å². The van der Waals surface area contributed by atoms with Crippen molar-refractivity contribution >= 4 is 17.7 Å². The van der Waals surface area contributed by atoms with Crippen molar-refractivity contribution in [3.8, 4) is 22.8 Å². The molecule has 8 heteroatoms. The number of aromatic nitrogens is 4. The van der Waals surface area contributed by atoms with Crippen LogP contribution in [0.4, 0.5) is 0 Å². The highest BCUT2D eigenvalue weighted by atomic mass is 32.2. The minimum Gasteiger partial charge on any atom is -0.497 e. The maximum absolute atomic E-state index is 12.7. The lowest BCUT2D eigenvalue weighted by atomic mass is 10.0. The van der Waals surface area contributed by atoms with E-state index in [4.69, 9.17) is 4.74 Å². The zero-order valence-corrected chi connectivity index (χ0v) is 18.0. The number of ether oxygens (including phenoxy) is 1. The van der Waals surface area contributed by atoms with Gasteiger partial charge in [-0.05, 0) is 55.2 Å². The number of likely N-dealkylation sites (tertiary alicyclic amines) is 1. The molecule has 1 atom stereocenters. The normalized spacial score (nSPS) is 16.5. The lowest BCUT2D eigenvalue weighted by Crippen LogP contribution is -2.40. The predicted octanol–water partition coefficient (Wildman–Crippen LogP) is 3.69. The summed E-state index contributed by atoms with van der Waals surface area (Å²) in [6.45, 7) is 3.88. The van der Waals surface area contributed by atoms with E-state index in [-0.39, 0.29) is 5.91 Å². The summed E-state index contributed by atoms with van der Waals surface area (Å²) >= 11 is 1.42. The second-order valence-corrected chi connectivity index (χ2v) is 8.40. The topological polar surface area (TPSA) is 73.1 Å². The van der Waals surface area contributed by atoms with E-state index in [1.165, 1.54) is 18.2 Å². The zero-order valence-electron chi connectivity index (χ0n) is 17.2. The number of piperidine rings is 1. The Bertz CT molecular complexity index is 991. The third-order valence-electron chi connectivity index (χ3n) is 5.22. The molecule has 2 aromatic heterocycles. The van der Waals surface area contributed by atoms with Gasteiger partial charge in [0, 0.05) is 36.7 Å². The van der Waals surface area contributed by atoms with Gasteiger partial charge in [0.2, 0.25) is 5.91 Å². The molecule has 1 fully saturated rings. The van der Waals surface area contributed by atoms with Crippen LogP contribution >= 0.6 is 11.8 Å². The molecule has 0 N–H and O–H groups in total. The van der Waals surface area contributed by atoms with Crippen LogP contribution in [0.5, 0.6) is 5.75 Å². The average Bonchev–Trinajstić information content (AvgIpc) is 3.22. The first-order valence-corrected chi connectivity index (χ1v) is 11.0. The van der Waals surface area contributed by atoms with E-state index >= 15 is 0 Å². The summed E-state index contributed by atoms with van der Waals surface area (Å²) in [5.41, 5.74) is 1.77. The summed E-state index contributed by atoms with van der Waals surface area (Å²) in [7, 11) is 1.64. The standard InChI is InChI=1S/C22H25N5O2S/c1-16-5-4-12-26(14-16)20(28)15-30-22-25-24-21(17-6-3-11-23-13-17)27(22)18-7-9-19(29-2)10-8-18/h3,6-11,13,16H,4-5,12,14-15H2,1-2H3/t16-/m0/s1. The molecule has 3 heterocycles. The molecule has 1 aliphatic heterocycles. The van der Waals surface area contributed by atoms with Crippen molar-refractivity contribution in [1.82, 2.24) is 24.6 Å². The summed E-state index contributed by atoms with van der Waals surface area (Å²) in [5.74, 6) is 2.52. The number of amides is 1. The Morgan fingerprint density at radius 1 is 1.23 bits per heavy atom. The highest BCUT2D eigenvalue weighted by Gasteiger charge is 2.23. The van der Waals surface area contributed by atoms with E-state index in [0.717, 1.165) is 36.5 Å². The molecule has 0 aliphatic carbocycles. The largest absolute Gasteiger partial charge is 0.497 e. The van der Waals surface area contributed by atoms with Crippen LogP contribution in [0.2, 0.25) is 0 Å². The minimum absolute atomic E-state index is 0.152. The van der Waals surface area contributed by atoms with Crippen LogP contribution in [0, 0.1) is 5.92 Å². The van der Waals surface area contributed by atoms with Crippen molar-refractivity contribution in [2.24, 2.45) is 5.92 Å². The summed E-state index contributed by atoms with van der Waals surface area (Å²) in [6.07, 6.45) is 5.76. The molecule has 0 radical (unpaired) electrons. The first-order valence-electron chi connectivity index (χ1n) is 10.1. The van der Waals surface area contributed by atoms with Gasteiger partial charge in [-0.25, -0.2) is 0 Å². The van der Waals surface area contributed by atoms with Gasteiger partial charge in [-0.15, -0.1) is 10.2 Å². The number of rotatable bonds is 6. The molecule has 3 aromatic rings. The van der Waals surface area contributed by atoms with E-state index in [1.807, 2.05) is 45.9 Å². The molecule has 30 heavy (non-hydrogen) atoms. The van der Waals surface area contributed by atoms with Gasteiger partial charge < -0.3 is 9.64 Å². The first-order chi connectivity index (χ1) is 14.7. The Labute approximate surface area is 180 Å². The Hall–Kier alpha value is -2.87. The van der Waals surface area contributed by atoms with Gasteiger partial charge >= 0.3 is 0 Å². The molecule has 1 aliphatic rings. The molecule has 0 spiro atoms. The lowest BCUT2D eigenvalue weighted by molar-refractivity contribution is -0.130. The highest BCUT2D eigenvalue weighted by molar-refractivity contribution is 7.99. The van der Waals surface area contributed by atoms with Crippen LogP contribution in [0.15, 0.2) is 53.9 Å². The fourth-order valence-corrected chi connectivity index (χ4v) is 4.50. The number of hydrogen-bond donors (Lipinski definition) is 0. The fourth-order valence-electron chi connectivity index (χ4n) is 3.64. The fraction of sp³-hybridized carbons (Fsp3) is 0.364. The van der Waals surface area contributed by atoms with Crippen LogP contribution in [0.1, 0.15) is 19.8 Å². The SMILES string of the molecule is COc1ccc(-n2c(SCC(=O)N3CCC[C@H](C)C3)nnc2-c2cccnc2)cc1. The number of benzene rings is 1. The molecule has 1 amide bonds. The quantitative estimate of drug-likeness (QED) is 0.563. The van der Waals surface area contributed by atoms with Crippen LogP contribution in [-0.2, 0) is 4.79 Å². The molecule has 0 unspecified atom stereocenters. The van der Waals surface area contributed by atoms with Gasteiger partial charge in [0.15, 0.2) is 11.0 Å². The van der Waals surface area contributed by atoms with Gasteiger partial charge in [-0.3, -0.25) is 14.3 Å². The van der Waals surface area contributed by atoms with E-state index in [9.17, 15) is 4.79 Å². The summed E-state index contributed by atoms with van der Waals surface area (Å²) in [4.78, 5) is 18.9. The molecule has 156 valence electrons. The summed E-state index contributed by atoms with van der Waals surface area (Å²) < 4.78 is 7.25. The number of thioether (sulfide) groups is 1. The van der Waals surface area contributed by atoms with Crippen LogP contribution in [-0.4, -0.2) is 56.5 Å². The molecule has 1 aromatic carbocycles. The Morgan fingerprint density at radius 2 is 2.07 bits per heavy atom. The zero-order chi connectivity index (χ0) is 20.9. The Balaban J connectivity index is 1.61. The van der Waals surface area contributed by atoms with Crippen molar-refractivity contribution in [2.75, 3.05) is 26.0 Å². The van der Waals surface area contributed by atoms with E-state index in [2.05, 4.69) is 22.1 Å². The third kappa shape index (κ3) is 4.48. The third-order valence-corrected chi connectivity index (χ3v) is 6.13. The minimum atomic E-state index is 0.152. The molecule has 7 nitrogen and oxygen atoms in total. The summed E-state index contributed by atoms with van der Waals surface area (Å²) in [5, 5.41) is 9.47. The highest BCUT2D eigenvalue weighted by Crippen LogP contribution is 2.29. The molecule has 4 rings (SSSR count). The van der Waals surface area contributed by atoms with Crippen molar-refractivity contribution in [3.63, 3.8) is 0 Å². The maximum Gasteiger partial charge on any atom is 0.233 e.